The molecule has 0 spiro atoms. The van der Waals surface area contributed by atoms with Gasteiger partial charge >= 0.3 is 12.1 Å². The third kappa shape index (κ3) is 3.13. The Morgan fingerprint density at radius 2 is 2.00 bits per heavy atom. The van der Waals surface area contributed by atoms with Crippen LogP contribution in [-0.4, -0.2) is 5.97 Å². The highest BCUT2D eigenvalue weighted by molar-refractivity contribution is 6.32. The number of hydrogen-bond acceptors (Lipinski definition) is 2. The van der Waals surface area contributed by atoms with E-state index in [1.54, 1.807) is 0 Å². The molecule has 1 aromatic rings. The lowest BCUT2D eigenvalue weighted by molar-refractivity contribution is -0.137. The van der Waals surface area contributed by atoms with Crippen LogP contribution in [0.15, 0.2) is 18.2 Å². The molecule has 0 aliphatic rings. The largest absolute Gasteiger partial charge is 0.425 e. The molecule has 0 bridgehead atoms. The molecule has 15 heavy (non-hydrogen) atoms. The Labute approximate surface area is 88.6 Å². The monoisotopic (exact) mass is 238 g/mol. The predicted molar refractivity (Wildman–Crippen MR) is 47.8 cm³/mol. The molecular formula is C9H6ClF3O2. The second-order valence-electron chi connectivity index (χ2n) is 2.74. The SMILES string of the molecule is CC(=O)Oc1ccc(C(F)(F)F)cc1Cl. The van der Waals surface area contributed by atoms with Crippen LogP contribution in [-0.2, 0) is 11.0 Å². The maximum atomic E-state index is 12.2. The summed E-state index contributed by atoms with van der Waals surface area (Å²) in [4.78, 5) is 10.5. The van der Waals surface area contributed by atoms with Gasteiger partial charge in [0.1, 0.15) is 5.75 Å². The molecule has 82 valence electrons. The molecule has 1 rings (SSSR count). The summed E-state index contributed by atoms with van der Waals surface area (Å²) in [5.74, 6) is -0.728. The van der Waals surface area contributed by atoms with Crippen molar-refractivity contribution in [3.63, 3.8) is 0 Å². The molecule has 0 atom stereocenters. The van der Waals surface area contributed by atoms with E-state index in [1.165, 1.54) is 0 Å². The van der Waals surface area contributed by atoms with Gasteiger partial charge in [-0.1, -0.05) is 11.6 Å². The van der Waals surface area contributed by atoms with Gasteiger partial charge in [-0.2, -0.15) is 13.2 Å². The van der Waals surface area contributed by atoms with Crippen LogP contribution < -0.4 is 4.74 Å². The first kappa shape index (κ1) is 11.8. The first-order chi connectivity index (χ1) is 6.80. The fourth-order valence-electron chi connectivity index (χ4n) is 0.915. The molecule has 0 saturated heterocycles. The number of halogens is 4. The van der Waals surface area contributed by atoms with E-state index in [9.17, 15) is 18.0 Å². The molecule has 0 aliphatic carbocycles. The summed E-state index contributed by atoms with van der Waals surface area (Å²) in [5.41, 5.74) is -0.886. The molecule has 0 fully saturated rings. The van der Waals surface area contributed by atoms with Crippen LogP contribution in [0, 0.1) is 0 Å². The molecule has 6 heteroatoms. The highest BCUT2D eigenvalue weighted by Gasteiger charge is 2.31. The fourth-order valence-corrected chi connectivity index (χ4v) is 1.13. The summed E-state index contributed by atoms with van der Waals surface area (Å²) >= 11 is 5.50. The normalized spacial score (nSPS) is 11.3. The third-order valence-corrected chi connectivity index (χ3v) is 1.81. The van der Waals surface area contributed by atoms with Gasteiger partial charge in [0.05, 0.1) is 10.6 Å². The number of benzene rings is 1. The van der Waals surface area contributed by atoms with Crippen molar-refractivity contribution in [2.45, 2.75) is 13.1 Å². The second kappa shape index (κ2) is 4.10. The van der Waals surface area contributed by atoms with Crippen LogP contribution >= 0.6 is 11.6 Å². The maximum Gasteiger partial charge on any atom is 0.416 e. The number of rotatable bonds is 1. The van der Waals surface area contributed by atoms with Crippen molar-refractivity contribution in [1.82, 2.24) is 0 Å². The fraction of sp³-hybridized carbons (Fsp3) is 0.222. The standard InChI is InChI=1S/C9H6ClF3O2/c1-5(14)15-8-3-2-6(4-7(8)10)9(11,12)13/h2-4H,1H3. The van der Waals surface area contributed by atoms with Crippen LogP contribution in [0.4, 0.5) is 13.2 Å². The van der Waals surface area contributed by atoms with E-state index < -0.39 is 17.7 Å². The van der Waals surface area contributed by atoms with Gasteiger partial charge in [0, 0.05) is 6.92 Å². The predicted octanol–water partition coefficient (Wildman–Crippen LogP) is 3.28. The summed E-state index contributed by atoms with van der Waals surface area (Å²) in [6, 6.07) is 2.51. The second-order valence-corrected chi connectivity index (χ2v) is 3.14. The Morgan fingerprint density at radius 1 is 1.40 bits per heavy atom. The zero-order valence-electron chi connectivity index (χ0n) is 7.56. The molecule has 2 nitrogen and oxygen atoms in total. The summed E-state index contributed by atoms with van der Waals surface area (Å²) < 4.78 is 41.2. The number of alkyl halides is 3. The molecular weight excluding hydrogens is 233 g/mol. The van der Waals surface area contributed by atoms with Gasteiger partial charge in [-0.25, -0.2) is 0 Å². The molecule has 0 aromatic heterocycles. The van der Waals surface area contributed by atoms with E-state index in [0.717, 1.165) is 19.1 Å². The molecule has 0 aliphatic heterocycles. The van der Waals surface area contributed by atoms with Crippen molar-refractivity contribution >= 4 is 17.6 Å². The molecule has 0 radical (unpaired) electrons. The van der Waals surface area contributed by atoms with Crippen molar-refractivity contribution < 1.29 is 22.7 Å². The third-order valence-electron chi connectivity index (χ3n) is 1.51. The topological polar surface area (TPSA) is 26.3 Å². The van der Waals surface area contributed by atoms with Gasteiger partial charge in [-0.05, 0) is 18.2 Å². The Morgan fingerprint density at radius 3 is 2.40 bits per heavy atom. The van der Waals surface area contributed by atoms with Crippen molar-refractivity contribution in [3.05, 3.63) is 28.8 Å². The van der Waals surface area contributed by atoms with Crippen LogP contribution in [0.2, 0.25) is 5.02 Å². The van der Waals surface area contributed by atoms with Crippen LogP contribution in [0.1, 0.15) is 12.5 Å². The summed E-state index contributed by atoms with van der Waals surface area (Å²) in [6.45, 7) is 1.13. The highest BCUT2D eigenvalue weighted by atomic mass is 35.5. The maximum absolute atomic E-state index is 12.2. The molecule has 0 heterocycles. The average Bonchev–Trinajstić information content (AvgIpc) is 2.05. The quantitative estimate of drug-likeness (QED) is 0.554. The van der Waals surface area contributed by atoms with Gasteiger partial charge < -0.3 is 4.74 Å². The van der Waals surface area contributed by atoms with Gasteiger partial charge in [-0.15, -0.1) is 0 Å². The molecule has 0 saturated carbocycles. The Bertz CT molecular complexity index is 387. The first-order valence-corrected chi connectivity index (χ1v) is 4.23. The van der Waals surface area contributed by atoms with Gasteiger partial charge in [-0.3, -0.25) is 4.79 Å². The molecule has 0 unspecified atom stereocenters. The summed E-state index contributed by atoms with van der Waals surface area (Å²) in [6.07, 6.45) is -4.46. The minimum Gasteiger partial charge on any atom is -0.425 e. The Kier molecular flexibility index (Phi) is 3.24. The number of carbonyl (C=O) groups excluding carboxylic acids is 1. The van der Waals surface area contributed by atoms with E-state index in [0.29, 0.717) is 6.07 Å². The Hall–Kier alpha value is -1.23. The zero-order valence-corrected chi connectivity index (χ0v) is 8.32. The van der Waals surface area contributed by atoms with Gasteiger partial charge in [0.25, 0.3) is 0 Å². The highest BCUT2D eigenvalue weighted by Crippen LogP contribution is 2.34. The Balaban J connectivity index is 3.03. The van der Waals surface area contributed by atoms with Gasteiger partial charge in [0.15, 0.2) is 0 Å². The smallest absolute Gasteiger partial charge is 0.416 e. The van der Waals surface area contributed by atoms with E-state index in [2.05, 4.69) is 4.74 Å². The van der Waals surface area contributed by atoms with Gasteiger partial charge in [0.2, 0.25) is 0 Å². The molecule has 0 amide bonds. The lowest BCUT2D eigenvalue weighted by Gasteiger charge is -2.09. The zero-order chi connectivity index (χ0) is 11.6. The number of carbonyl (C=O) groups is 1. The van der Waals surface area contributed by atoms with E-state index >= 15 is 0 Å². The minimum absolute atomic E-state index is 0.0860. The van der Waals surface area contributed by atoms with E-state index in [-0.39, 0.29) is 10.8 Å². The van der Waals surface area contributed by atoms with Crippen molar-refractivity contribution in [1.29, 1.82) is 0 Å². The van der Waals surface area contributed by atoms with Crippen molar-refractivity contribution in [2.75, 3.05) is 0 Å². The summed E-state index contributed by atoms with van der Waals surface area (Å²) in [5, 5.41) is -0.250. The number of hydrogen-bond donors (Lipinski definition) is 0. The first-order valence-electron chi connectivity index (χ1n) is 3.86. The van der Waals surface area contributed by atoms with Crippen LogP contribution in [0.25, 0.3) is 0 Å². The van der Waals surface area contributed by atoms with Crippen molar-refractivity contribution in [3.8, 4) is 5.75 Å². The average molecular weight is 239 g/mol. The van der Waals surface area contributed by atoms with E-state index in [1.807, 2.05) is 0 Å². The summed E-state index contributed by atoms with van der Waals surface area (Å²) in [7, 11) is 0. The van der Waals surface area contributed by atoms with Crippen LogP contribution in [0.3, 0.4) is 0 Å². The lowest BCUT2D eigenvalue weighted by atomic mass is 10.2. The van der Waals surface area contributed by atoms with E-state index in [4.69, 9.17) is 11.6 Å². The van der Waals surface area contributed by atoms with Crippen molar-refractivity contribution in [2.24, 2.45) is 0 Å². The number of esters is 1. The lowest BCUT2D eigenvalue weighted by Crippen LogP contribution is -2.06. The van der Waals surface area contributed by atoms with Crippen LogP contribution in [0.5, 0.6) is 5.75 Å². The minimum atomic E-state index is -4.46. The molecule has 1 aromatic carbocycles. The molecule has 0 N–H and O–H groups in total. The number of ether oxygens (including phenoxy) is 1.